The number of hydrogen-bond donors (Lipinski definition) is 0. The van der Waals surface area contributed by atoms with Crippen LogP contribution in [0.4, 0.5) is 4.39 Å². The van der Waals surface area contributed by atoms with Crippen LogP contribution in [0.1, 0.15) is 43.2 Å². The average Bonchev–Trinajstić information content (AvgIpc) is 3.21. The zero-order valence-corrected chi connectivity index (χ0v) is 14.3. The third-order valence-corrected chi connectivity index (χ3v) is 6.35. The quantitative estimate of drug-likeness (QED) is 0.773. The Labute approximate surface area is 147 Å². The van der Waals surface area contributed by atoms with Gasteiger partial charge in [0.15, 0.2) is 6.29 Å². The molecule has 1 atom stereocenters. The molecular weight excluding hydrogens is 319 g/mol. The Morgan fingerprint density at radius 1 is 1.16 bits per heavy atom. The molecule has 0 aromatic heterocycles. The third-order valence-electron chi connectivity index (χ3n) is 6.35. The maximum atomic E-state index is 14.3. The highest BCUT2D eigenvalue weighted by atomic mass is 19.1. The van der Waals surface area contributed by atoms with Crippen LogP contribution >= 0.6 is 0 Å². The number of nitrogens with zero attached hydrogens (tertiary/aromatic N) is 2. The van der Waals surface area contributed by atoms with Crippen molar-refractivity contribution in [3.05, 3.63) is 41.5 Å². The molecule has 1 unspecified atom stereocenters. The van der Waals surface area contributed by atoms with E-state index in [0.717, 1.165) is 51.5 Å². The van der Waals surface area contributed by atoms with Gasteiger partial charge in [-0.25, -0.2) is 4.39 Å². The summed E-state index contributed by atoms with van der Waals surface area (Å²) in [6.07, 6.45) is 7.61. The van der Waals surface area contributed by atoms with E-state index in [9.17, 15) is 14.0 Å². The maximum Gasteiger partial charge on any atom is 0.210 e. The monoisotopic (exact) mass is 342 g/mol. The van der Waals surface area contributed by atoms with Crippen molar-refractivity contribution >= 4 is 18.5 Å². The predicted molar refractivity (Wildman–Crippen MR) is 93.4 cm³/mol. The van der Waals surface area contributed by atoms with E-state index >= 15 is 0 Å². The summed E-state index contributed by atoms with van der Waals surface area (Å²) in [6, 6.07) is 7.00. The number of carbonyl (C=O) groups is 2. The summed E-state index contributed by atoms with van der Waals surface area (Å²) in [7, 11) is 0. The second-order valence-electron chi connectivity index (χ2n) is 7.50. The fourth-order valence-corrected chi connectivity index (χ4v) is 5.06. The van der Waals surface area contributed by atoms with Gasteiger partial charge in [0.1, 0.15) is 11.4 Å². The highest BCUT2D eigenvalue weighted by Crippen LogP contribution is 2.44. The molecule has 3 aliphatic rings. The molecule has 0 saturated carbocycles. The molecule has 1 aromatic rings. The highest BCUT2D eigenvalue weighted by molar-refractivity contribution is 5.80. The molecule has 25 heavy (non-hydrogen) atoms. The number of amides is 1. The number of halogens is 1. The fourth-order valence-electron chi connectivity index (χ4n) is 5.06. The number of aldehydes is 1. The van der Waals surface area contributed by atoms with E-state index in [-0.39, 0.29) is 17.8 Å². The van der Waals surface area contributed by atoms with Crippen LogP contribution in [-0.4, -0.2) is 47.7 Å². The van der Waals surface area contributed by atoms with Crippen molar-refractivity contribution in [1.29, 1.82) is 0 Å². The van der Waals surface area contributed by atoms with Gasteiger partial charge in [0.05, 0.1) is 0 Å². The molecule has 0 spiro atoms. The van der Waals surface area contributed by atoms with Crippen molar-refractivity contribution in [1.82, 2.24) is 9.80 Å². The lowest BCUT2D eigenvalue weighted by molar-refractivity contribution is -0.134. The molecule has 1 aromatic carbocycles. The number of hydrogen-bond acceptors (Lipinski definition) is 3. The lowest BCUT2D eigenvalue weighted by Gasteiger charge is -2.45. The van der Waals surface area contributed by atoms with Gasteiger partial charge >= 0.3 is 0 Å². The molecular formula is C20H23FN2O2. The van der Waals surface area contributed by atoms with Crippen LogP contribution < -0.4 is 0 Å². The van der Waals surface area contributed by atoms with E-state index in [1.54, 1.807) is 29.2 Å². The molecule has 132 valence electrons. The van der Waals surface area contributed by atoms with Gasteiger partial charge in [0.2, 0.25) is 6.41 Å². The van der Waals surface area contributed by atoms with Crippen molar-refractivity contribution in [3.8, 4) is 0 Å². The SMILES string of the molecule is O=CN(CC12CCCN1CCC2)C1(C=O)CC=C(F)c2ccccc21. The van der Waals surface area contributed by atoms with E-state index in [2.05, 4.69) is 4.90 Å². The van der Waals surface area contributed by atoms with Gasteiger partial charge in [-0.2, -0.15) is 0 Å². The normalized spacial score (nSPS) is 27.3. The van der Waals surface area contributed by atoms with E-state index < -0.39 is 5.54 Å². The van der Waals surface area contributed by atoms with Gasteiger partial charge in [0.25, 0.3) is 0 Å². The van der Waals surface area contributed by atoms with Crippen LogP contribution in [0.15, 0.2) is 30.3 Å². The minimum atomic E-state index is -1.11. The summed E-state index contributed by atoms with van der Waals surface area (Å²) in [5, 5.41) is 0. The number of fused-ring (bicyclic) bond motifs is 2. The first kappa shape index (κ1) is 16.5. The zero-order chi connectivity index (χ0) is 17.5. The van der Waals surface area contributed by atoms with Crippen LogP contribution in [0.5, 0.6) is 0 Å². The molecule has 5 heteroatoms. The molecule has 2 saturated heterocycles. The predicted octanol–water partition coefficient (Wildman–Crippen LogP) is 2.88. The Hall–Kier alpha value is -2.01. The minimum absolute atomic E-state index is 0.0223. The Bertz CT molecular complexity index is 722. The maximum absolute atomic E-state index is 14.3. The van der Waals surface area contributed by atoms with Crippen LogP contribution in [0.2, 0.25) is 0 Å². The van der Waals surface area contributed by atoms with Crippen molar-refractivity contribution < 1.29 is 14.0 Å². The van der Waals surface area contributed by atoms with Crippen molar-refractivity contribution in [2.75, 3.05) is 19.6 Å². The highest BCUT2D eigenvalue weighted by Gasteiger charge is 2.50. The summed E-state index contributed by atoms with van der Waals surface area (Å²) in [5.41, 5.74) is -0.124. The summed E-state index contributed by atoms with van der Waals surface area (Å²) in [6.45, 7) is 2.65. The van der Waals surface area contributed by atoms with Crippen molar-refractivity contribution in [2.45, 2.75) is 43.2 Å². The number of benzene rings is 1. The largest absolute Gasteiger partial charge is 0.326 e. The molecule has 1 aliphatic carbocycles. The second kappa shape index (κ2) is 6.06. The molecule has 2 fully saturated rings. The van der Waals surface area contributed by atoms with Crippen LogP contribution in [0.3, 0.4) is 0 Å². The molecule has 0 N–H and O–H groups in total. The van der Waals surface area contributed by atoms with Gasteiger partial charge in [-0.15, -0.1) is 0 Å². The Morgan fingerprint density at radius 2 is 1.88 bits per heavy atom. The van der Waals surface area contributed by atoms with Gasteiger partial charge < -0.3 is 9.69 Å². The summed E-state index contributed by atoms with van der Waals surface area (Å²) in [5.74, 6) is -0.319. The van der Waals surface area contributed by atoms with Crippen molar-refractivity contribution in [2.24, 2.45) is 0 Å². The van der Waals surface area contributed by atoms with Crippen LogP contribution in [-0.2, 0) is 15.1 Å². The first-order valence-electron chi connectivity index (χ1n) is 9.04. The molecule has 4 nitrogen and oxygen atoms in total. The van der Waals surface area contributed by atoms with Crippen LogP contribution in [0.25, 0.3) is 5.83 Å². The van der Waals surface area contributed by atoms with Gasteiger partial charge in [-0.1, -0.05) is 24.3 Å². The fraction of sp³-hybridized carbons (Fsp3) is 0.500. The van der Waals surface area contributed by atoms with Crippen molar-refractivity contribution in [3.63, 3.8) is 0 Å². The summed E-state index contributed by atoms with van der Waals surface area (Å²) in [4.78, 5) is 28.4. The molecule has 0 bridgehead atoms. The standard InChI is InChI=1S/C20H23FN2O2/c21-18-7-10-20(14-24,17-6-2-1-5-16(17)18)23(15-25)13-19-8-3-11-22(19)12-4-9-19/h1-2,5-7,14-15H,3-4,8-13H2. The van der Waals surface area contributed by atoms with Gasteiger partial charge in [0, 0.05) is 24.1 Å². The van der Waals surface area contributed by atoms with Gasteiger partial charge in [-0.3, -0.25) is 9.69 Å². The Kier molecular flexibility index (Phi) is 3.99. The molecule has 0 radical (unpaired) electrons. The summed E-state index contributed by atoms with van der Waals surface area (Å²) >= 11 is 0. The zero-order valence-electron chi connectivity index (χ0n) is 14.3. The second-order valence-corrected chi connectivity index (χ2v) is 7.50. The van der Waals surface area contributed by atoms with E-state index in [1.807, 2.05) is 0 Å². The average molecular weight is 342 g/mol. The topological polar surface area (TPSA) is 40.6 Å². The molecule has 2 aliphatic heterocycles. The Balaban J connectivity index is 1.74. The third kappa shape index (κ3) is 2.36. The molecule has 1 amide bonds. The van der Waals surface area contributed by atoms with E-state index in [0.29, 0.717) is 17.7 Å². The lowest BCUT2D eigenvalue weighted by atomic mass is 9.78. The number of carbonyl (C=O) groups excluding carboxylic acids is 2. The van der Waals surface area contributed by atoms with Crippen LogP contribution in [0, 0.1) is 0 Å². The van der Waals surface area contributed by atoms with E-state index in [4.69, 9.17) is 0 Å². The summed E-state index contributed by atoms with van der Waals surface area (Å²) < 4.78 is 14.3. The Morgan fingerprint density at radius 3 is 2.56 bits per heavy atom. The number of rotatable bonds is 5. The molecule has 4 rings (SSSR count). The minimum Gasteiger partial charge on any atom is -0.326 e. The smallest absolute Gasteiger partial charge is 0.210 e. The first-order valence-corrected chi connectivity index (χ1v) is 9.04. The van der Waals surface area contributed by atoms with E-state index in [1.165, 1.54) is 6.08 Å². The molecule has 2 heterocycles. The first-order chi connectivity index (χ1) is 12.1. The van der Waals surface area contributed by atoms with Gasteiger partial charge in [-0.05, 0) is 50.4 Å². The lowest BCUT2D eigenvalue weighted by Crippen LogP contribution is -2.56.